The molecule has 0 unspecified atom stereocenters. The largest absolute Gasteiger partial charge is 0.493 e. The number of ether oxygens (including phenoxy) is 3. The SMILES string of the molecule is CCOC(=O)c1cc(-c2ccc(Cl)cc2)n(-c2ccc(C(=O)NCCc3ccc(OC)c(OC)c3)cc2)n1. The Morgan fingerprint density at radius 3 is 2.29 bits per heavy atom. The van der Waals surface area contributed by atoms with Crippen LogP contribution >= 0.6 is 11.6 Å². The van der Waals surface area contributed by atoms with Gasteiger partial charge in [0.2, 0.25) is 0 Å². The summed E-state index contributed by atoms with van der Waals surface area (Å²) in [6.45, 7) is 2.45. The van der Waals surface area contributed by atoms with Gasteiger partial charge in [0.15, 0.2) is 17.2 Å². The molecule has 38 heavy (non-hydrogen) atoms. The minimum absolute atomic E-state index is 0.189. The molecule has 0 atom stereocenters. The van der Waals surface area contributed by atoms with Gasteiger partial charge in [-0.1, -0.05) is 29.8 Å². The molecule has 1 N–H and O–H groups in total. The van der Waals surface area contributed by atoms with Crippen LogP contribution in [0, 0.1) is 0 Å². The van der Waals surface area contributed by atoms with Gasteiger partial charge in [0.1, 0.15) is 0 Å². The maximum atomic E-state index is 12.7. The number of methoxy groups -OCH3 is 2. The average molecular weight is 534 g/mol. The van der Waals surface area contributed by atoms with Crippen LogP contribution in [0.5, 0.6) is 11.5 Å². The normalized spacial score (nSPS) is 10.6. The average Bonchev–Trinajstić information content (AvgIpc) is 3.39. The van der Waals surface area contributed by atoms with Gasteiger partial charge >= 0.3 is 5.97 Å². The first kappa shape index (κ1) is 26.8. The van der Waals surface area contributed by atoms with Crippen molar-refractivity contribution in [3.63, 3.8) is 0 Å². The molecule has 1 amide bonds. The molecule has 4 rings (SSSR count). The first-order chi connectivity index (χ1) is 18.4. The van der Waals surface area contributed by atoms with Crippen molar-refractivity contribution < 1.29 is 23.8 Å². The van der Waals surface area contributed by atoms with Gasteiger partial charge in [-0.2, -0.15) is 5.10 Å². The zero-order chi connectivity index (χ0) is 27.1. The summed E-state index contributed by atoms with van der Waals surface area (Å²) in [5.74, 6) is 0.607. The molecule has 0 aliphatic carbocycles. The lowest BCUT2D eigenvalue weighted by atomic mass is 10.1. The maximum Gasteiger partial charge on any atom is 0.358 e. The van der Waals surface area contributed by atoms with E-state index in [-0.39, 0.29) is 18.2 Å². The number of nitrogens with zero attached hydrogens (tertiary/aromatic N) is 2. The predicted octanol–water partition coefficient (Wildman–Crippen LogP) is 5.36. The summed E-state index contributed by atoms with van der Waals surface area (Å²) in [5.41, 5.74) is 3.92. The number of benzene rings is 3. The van der Waals surface area contributed by atoms with E-state index in [1.54, 1.807) is 68.3 Å². The number of nitrogens with one attached hydrogen (secondary N) is 1. The number of hydrogen-bond donors (Lipinski definition) is 1. The first-order valence-corrected chi connectivity index (χ1v) is 12.4. The molecule has 0 saturated heterocycles. The number of aromatic nitrogens is 2. The zero-order valence-electron chi connectivity index (χ0n) is 21.4. The van der Waals surface area contributed by atoms with Crippen molar-refractivity contribution in [3.8, 4) is 28.4 Å². The van der Waals surface area contributed by atoms with Crippen LogP contribution in [-0.2, 0) is 11.2 Å². The van der Waals surface area contributed by atoms with E-state index >= 15 is 0 Å². The summed E-state index contributed by atoms with van der Waals surface area (Å²) in [6, 6.07) is 21.6. The molecular weight excluding hydrogens is 506 g/mol. The summed E-state index contributed by atoms with van der Waals surface area (Å²) < 4.78 is 17.4. The Hall–Kier alpha value is -4.30. The Labute approximate surface area is 226 Å². The Balaban J connectivity index is 1.49. The van der Waals surface area contributed by atoms with Crippen LogP contribution in [0.15, 0.2) is 72.8 Å². The van der Waals surface area contributed by atoms with E-state index in [0.717, 1.165) is 11.1 Å². The predicted molar refractivity (Wildman–Crippen MR) is 146 cm³/mol. The van der Waals surface area contributed by atoms with Gasteiger partial charge in [0.05, 0.1) is 32.2 Å². The molecule has 0 spiro atoms. The molecule has 0 aliphatic rings. The molecule has 0 bridgehead atoms. The van der Waals surface area contributed by atoms with Gasteiger partial charge in [-0.15, -0.1) is 0 Å². The molecule has 3 aromatic carbocycles. The van der Waals surface area contributed by atoms with Crippen LogP contribution in [0.4, 0.5) is 0 Å². The van der Waals surface area contributed by atoms with Gasteiger partial charge < -0.3 is 19.5 Å². The molecule has 0 saturated carbocycles. The standard InChI is InChI=1S/C29H28ClN3O5/c1-4-38-29(35)24-18-25(20-6-10-22(30)11-7-20)33(32-24)23-12-8-21(9-13-23)28(34)31-16-15-19-5-14-26(36-2)27(17-19)37-3/h5-14,17-18H,4,15-16H2,1-3H3,(H,31,34). The molecule has 0 aliphatic heterocycles. The second-order valence-corrected chi connectivity index (χ2v) is 8.73. The molecule has 4 aromatic rings. The smallest absolute Gasteiger partial charge is 0.358 e. The third-order valence-electron chi connectivity index (χ3n) is 5.86. The number of hydrogen-bond acceptors (Lipinski definition) is 6. The summed E-state index contributed by atoms with van der Waals surface area (Å²) in [6.07, 6.45) is 0.637. The van der Waals surface area contributed by atoms with E-state index < -0.39 is 5.97 Å². The molecule has 8 nitrogen and oxygen atoms in total. The second kappa shape index (κ2) is 12.3. The van der Waals surface area contributed by atoms with E-state index in [2.05, 4.69) is 10.4 Å². The lowest BCUT2D eigenvalue weighted by Gasteiger charge is -2.11. The van der Waals surface area contributed by atoms with Crippen molar-refractivity contribution in [2.24, 2.45) is 0 Å². The highest BCUT2D eigenvalue weighted by molar-refractivity contribution is 6.30. The van der Waals surface area contributed by atoms with Crippen molar-refractivity contribution in [2.75, 3.05) is 27.4 Å². The summed E-state index contributed by atoms with van der Waals surface area (Å²) in [7, 11) is 3.18. The Bertz CT molecular complexity index is 1420. The highest BCUT2D eigenvalue weighted by Gasteiger charge is 2.18. The van der Waals surface area contributed by atoms with Gasteiger partial charge in [-0.3, -0.25) is 4.79 Å². The summed E-state index contributed by atoms with van der Waals surface area (Å²) in [4.78, 5) is 25.1. The lowest BCUT2D eigenvalue weighted by molar-refractivity contribution is 0.0518. The second-order valence-electron chi connectivity index (χ2n) is 8.30. The number of halogens is 1. The van der Waals surface area contributed by atoms with Crippen molar-refractivity contribution >= 4 is 23.5 Å². The van der Waals surface area contributed by atoms with Crippen LogP contribution in [-0.4, -0.2) is 49.0 Å². The third kappa shape index (κ3) is 6.15. The van der Waals surface area contributed by atoms with Crippen molar-refractivity contribution in [1.29, 1.82) is 0 Å². The Morgan fingerprint density at radius 1 is 0.921 bits per heavy atom. The number of carbonyl (C=O) groups is 2. The Morgan fingerprint density at radius 2 is 1.63 bits per heavy atom. The Kier molecular flexibility index (Phi) is 8.66. The number of esters is 1. The fraction of sp³-hybridized carbons (Fsp3) is 0.207. The molecule has 1 aromatic heterocycles. The minimum atomic E-state index is -0.507. The monoisotopic (exact) mass is 533 g/mol. The van der Waals surface area contributed by atoms with Crippen LogP contribution in [0.3, 0.4) is 0 Å². The van der Waals surface area contributed by atoms with E-state index in [0.29, 0.717) is 46.4 Å². The molecule has 196 valence electrons. The van der Waals surface area contributed by atoms with Gasteiger partial charge in [-0.25, -0.2) is 9.48 Å². The van der Waals surface area contributed by atoms with Crippen molar-refractivity contribution in [2.45, 2.75) is 13.3 Å². The fourth-order valence-electron chi connectivity index (χ4n) is 3.92. The van der Waals surface area contributed by atoms with E-state index in [1.165, 1.54) is 0 Å². The molecule has 0 fully saturated rings. The fourth-order valence-corrected chi connectivity index (χ4v) is 4.05. The van der Waals surface area contributed by atoms with Crippen LogP contribution in [0.25, 0.3) is 16.9 Å². The maximum absolute atomic E-state index is 12.7. The molecule has 9 heteroatoms. The van der Waals surface area contributed by atoms with Gasteiger partial charge in [-0.05, 0) is 73.5 Å². The zero-order valence-corrected chi connectivity index (χ0v) is 22.1. The first-order valence-electron chi connectivity index (χ1n) is 12.1. The molecular formula is C29H28ClN3O5. The third-order valence-corrected chi connectivity index (χ3v) is 6.11. The van der Waals surface area contributed by atoms with E-state index in [9.17, 15) is 9.59 Å². The lowest BCUT2D eigenvalue weighted by Crippen LogP contribution is -2.25. The minimum Gasteiger partial charge on any atom is -0.493 e. The van der Waals surface area contributed by atoms with Crippen molar-refractivity contribution in [1.82, 2.24) is 15.1 Å². The van der Waals surface area contributed by atoms with E-state index in [4.69, 9.17) is 25.8 Å². The molecule has 0 radical (unpaired) electrons. The highest BCUT2D eigenvalue weighted by atomic mass is 35.5. The number of carbonyl (C=O) groups excluding carboxylic acids is 2. The summed E-state index contributed by atoms with van der Waals surface area (Å²) in [5, 5.41) is 8.02. The van der Waals surface area contributed by atoms with Crippen LogP contribution in [0.2, 0.25) is 5.02 Å². The quantitative estimate of drug-likeness (QED) is 0.276. The topological polar surface area (TPSA) is 91.7 Å². The number of amides is 1. The molecule has 1 heterocycles. The summed E-state index contributed by atoms with van der Waals surface area (Å²) >= 11 is 6.05. The van der Waals surface area contributed by atoms with E-state index in [1.807, 2.05) is 30.3 Å². The van der Waals surface area contributed by atoms with Crippen LogP contribution in [0.1, 0.15) is 33.3 Å². The number of rotatable bonds is 10. The van der Waals surface area contributed by atoms with Crippen LogP contribution < -0.4 is 14.8 Å². The van der Waals surface area contributed by atoms with Crippen molar-refractivity contribution in [3.05, 3.63) is 94.6 Å². The van der Waals surface area contributed by atoms with Gasteiger partial charge in [0.25, 0.3) is 5.91 Å². The highest BCUT2D eigenvalue weighted by Crippen LogP contribution is 2.28. The van der Waals surface area contributed by atoms with Gasteiger partial charge in [0, 0.05) is 22.7 Å².